The fourth-order valence-electron chi connectivity index (χ4n) is 2.47. The van der Waals surface area contributed by atoms with Gasteiger partial charge < -0.3 is 15.8 Å². The van der Waals surface area contributed by atoms with Crippen molar-refractivity contribution in [1.82, 2.24) is 4.90 Å². The van der Waals surface area contributed by atoms with Gasteiger partial charge in [-0.05, 0) is 43.7 Å². The molecule has 0 spiro atoms. The van der Waals surface area contributed by atoms with E-state index in [-0.39, 0.29) is 18.5 Å². The Labute approximate surface area is 123 Å². The molecule has 6 heteroatoms. The van der Waals surface area contributed by atoms with Gasteiger partial charge >= 0.3 is 0 Å². The molecule has 1 aromatic rings. The highest BCUT2D eigenvalue weighted by atomic mass is 16.2. The molecule has 21 heavy (non-hydrogen) atoms. The Morgan fingerprint density at radius 1 is 1.29 bits per heavy atom. The SMILES string of the molecule is NC(=O)c1ccc(NC(=O)CN2CCCCC2C=O)cc1. The molecule has 0 saturated carbocycles. The molecule has 0 radical (unpaired) electrons. The molecule has 3 N–H and O–H groups in total. The number of nitrogens with zero attached hydrogens (tertiary/aromatic N) is 1. The summed E-state index contributed by atoms with van der Waals surface area (Å²) in [7, 11) is 0. The van der Waals surface area contributed by atoms with Crippen molar-refractivity contribution in [2.75, 3.05) is 18.4 Å². The number of carbonyl (C=O) groups is 3. The fourth-order valence-corrected chi connectivity index (χ4v) is 2.47. The quantitative estimate of drug-likeness (QED) is 0.783. The van der Waals surface area contributed by atoms with Gasteiger partial charge in [-0.3, -0.25) is 14.5 Å². The third-order valence-electron chi connectivity index (χ3n) is 3.62. The zero-order valence-electron chi connectivity index (χ0n) is 11.7. The monoisotopic (exact) mass is 289 g/mol. The second kappa shape index (κ2) is 6.99. The number of rotatable bonds is 5. The molecule has 112 valence electrons. The summed E-state index contributed by atoms with van der Waals surface area (Å²) >= 11 is 0. The number of hydrogen-bond donors (Lipinski definition) is 2. The molecule has 0 aliphatic carbocycles. The second-order valence-electron chi connectivity index (χ2n) is 5.16. The Balaban J connectivity index is 1.91. The minimum atomic E-state index is -0.505. The number of likely N-dealkylation sites (tertiary alicyclic amines) is 1. The largest absolute Gasteiger partial charge is 0.366 e. The van der Waals surface area contributed by atoms with Crippen molar-refractivity contribution in [1.29, 1.82) is 0 Å². The first-order valence-electron chi connectivity index (χ1n) is 6.99. The number of carbonyl (C=O) groups excluding carboxylic acids is 3. The number of anilines is 1. The molecule has 1 heterocycles. The third kappa shape index (κ3) is 4.13. The molecule has 2 rings (SSSR count). The lowest BCUT2D eigenvalue weighted by Crippen LogP contribution is -2.44. The van der Waals surface area contributed by atoms with Gasteiger partial charge in [-0.2, -0.15) is 0 Å². The number of benzene rings is 1. The molecular formula is C15H19N3O3. The minimum Gasteiger partial charge on any atom is -0.366 e. The predicted molar refractivity (Wildman–Crippen MR) is 78.9 cm³/mol. The summed E-state index contributed by atoms with van der Waals surface area (Å²) in [5.74, 6) is -0.675. The van der Waals surface area contributed by atoms with E-state index in [1.807, 2.05) is 4.90 Å². The number of nitrogens with two attached hydrogens (primary N) is 1. The molecule has 1 fully saturated rings. The van der Waals surface area contributed by atoms with Crippen molar-refractivity contribution in [3.63, 3.8) is 0 Å². The molecule has 1 unspecified atom stereocenters. The van der Waals surface area contributed by atoms with Crippen LogP contribution in [0.25, 0.3) is 0 Å². The van der Waals surface area contributed by atoms with Crippen LogP contribution >= 0.6 is 0 Å². The molecule has 1 atom stereocenters. The van der Waals surface area contributed by atoms with Crippen LogP contribution in [0.2, 0.25) is 0 Å². The van der Waals surface area contributed by atoms with E-state index in [2.05, 4.69) is 5.32 Å². The average Bonchev–Trinajstić information content (AvgIpc) is 2.48. The van der Waals surface area contributed by atoms with Crippen molar-refractivity contribution in [3.8, 4) is 0 Å². The normalized spacial score (nSPS) is 19.0. The van der Waals surface area contributed by atoms with Crippen LogP contribution in [0.1, 0.15) is 29.6 Å². The van der Waals surface area contributed by atoms with E-state index in [9.17, 15) is 14.4 Å². The van der Waals surface area contributed by atoms with E-state index >= 15 is 0 Å². The van der Waals surface area contributed by atoms with E-state index in [4.69, 9.17) is 5.73 Å². The van der Waals surface area contributed by atoms with Crippen molar-refractivity contribution >= 4 is 23.8 Å². The fraction of sp³-hybridized carbons (Fsp3) is 0.400. The first-order valence-corrected chi connectivity index (χ1v) is 6.99. The molecule has 6 nitrogen and oxygen atoms in total. The molecule has 1 saturated heterocycles. The maximum absolute atomic E-state index is 12.0. The standard InChI is InChI=1S/C15H19N3O3/c16-15(21)11-4-6-12(7-5-11)17-14(20)9-18-8-2-1-3-13(18)10-19/h4-7,10,13H,1-3,8-9H2,(H2,16,21)(H,17,20). The van der Waals surface area contributed by atoms with Gasteiger partial charge in [-0.1, -0.05) is 6.42 Å². The van der Waals surface area contributed by atoms with Gasteiger partial charge in [0.25, 0.3) is 0 Å². The van der Waals surface area contributed by atoms with Crippen LogP contribution in [0.3, 0.4) is 0 Å². The number of hydrogen-bond acceptors (Lipinski definition) is 4. The minimum absolute atomic E-state index is 0.165. The third-order valence-corrected chi connectivity index (χ3v) is 3.62. The molecular weight excluding hydrogens is 270 g/mol. The van der Waals surface area contributed by atoms with Crippen molar-refractivity contribution < 1.29 is 14.4 Å². The topological polar surface area (TPSA) is 92.5 Å². The Bertz CT molecular complexity index is 527. The second-order valence-corrected chi connectivity index (χ2v) is 5.16. The molecule has 1 aromatic carbocycles. The zero-order valence-corrected chi connectivity index (χ0v) is 11.7. The van der Waals surface area contributed by atoms with Crippen LogP contribution in [0.15, 0.2) is 24.3 Å². The summed E-state index contributed by atoms with van der Waals surface area (Å²) in [4.78, 5) is 35.8. The number of aldehydes is 1. The molecule has 2 amide bonds. The number of piperidine rings is 1. The summed E-state index contributed by atoms with van der Waals surface area (Å²) < 4.78 is 0. The summed E-state index contributed by atoms with van der Waals surface area (Å²) in [6.07, 6.45) is 3.75. The Hall–Kier alpha value is -2.21. The summed E-state index contributed by atoms with van der Waals surface area (Å²) in [6.45, 7) is 0.957. The molecule has 1 aliphatic rings. The van der Waals surface area contributed by atoms with Crippen molar-refractivity contribution in [2.24, 2.45) is 5.73 Å². The first-order chi connectivity index (χ1) is 10.1. The van der Waals surface area contributed by atoms with Crippen LogP contribution in [0.5, 0.6) is 0 Å². The maximum atomic E-state index is 12.0. The number of amides is 2. The highest BCUT2D eigenvalue weighted by molar-refractivity contribution is 5.95. The van der Waals surface area contributed by atoms with Gasteiger partial charge in [0.05, 0.1) is 12.6 Å². The Morgan fingerprint density at radius 2 is 2.00 bits per heavy atom. The molecule has 0 bridgehead atoms. The van der Waals surface area contributed by atoms with E-state index in [0.29, 0.717) is 11.3 Å². The number of primary amides is 1. The van der Waals surface area contributed by atoms with Gasteiger partial charge in [0.1, 0.15) is 6.29 Å². The van der Waals surface area contributed by atoms with Crippen LogP contribution in [-0.2, 0) is 9.59 Å². The Morgan fingerprint density at radius 3 is 2.62 bits per heavy atom. The van der Waals surface area contributed by atoms with E-state index < -0.39 is 5.91 Å². The van der Waals surface area contributed by atoms with Crippen LogP contribution in [-0.4, -0.2) is 42.1 Å². The highest BCUT2D eigenvalue weighted by Crippen LogP contribution is 2.15. The van der Waals surface area contributed by atoms with Crippen LogP contribution in [0.4, 0.5) is 5.69 Å². The Kier molecular flexibility index (Phi) is 5.05. The maximum Gasteiger partial charge on any atom is 0.248 e. The lowest BCUT2D eigenvalue weighted by atomic mass is 10.0. The van der Waals surface area contributed by atoms with Gasteiger partial charge in [-0.25, -0.2) is 0 Å². The zero-order chi connectivity index (χ0) is 15.2. The molecule has 0 aromatic heterocycles. The average molecular weight is 289 g/mol. The van der Waals surface area contributed by atoms with E-state index in [1.165, 1.54) is 0 Å². The predicted octanol–water partition coefficient (Wildman–Crippen LogP) is 0.777. The van der Waals surface area contributed by atoms with E-state index in [1.54, 1.807) is 24.3 Å². The van der Waals surface area contributed by atoms with E-state index in [0.717, 1.165) is 32.1 Å². The van der Waals surface area contributed by atoms with Gasteiger partial charge in [-0.15, -0.1) is 0 Å². The van der Waals surface area contributed by atoms with Crippen LogP contribution < -0.4 is 11.1 Å². The molecule has 1 aliphatic heterocycles. The van der Waals surface area contributed by atoms with Crippen LogP contribution in [0, 0.1) is 0 Å². The smallest absolute Gasteiger partial charge is 0.248 e. The van der Waals surface area contributed by atoms with Gasteiger partial charge in [0, 0.05) is 11.3 Å². The summed E-state index contributed by atoms with van der Waals surface area (Å²) in [6, 6.07) is 6.22. The summed E-state index contributed by atoms with van der Waals surface area (Å²) in [5.41, 5.74) is 6.15. The first kappa shape index (κ1) is 15.2. The lowest BCUT2D eigenvalue weighted by Gasteiger charge is -2.31. The van der Waals surface area contributed by atoms with Crippen molar-refractivity contribution in [3.05, 3.63) is 29.8 Å². The lowest BCUT2D eigenvalue weighted by molar-refractivity contribution is -0.120. The van der Waals surface area contributed by atoms with Gasteiger partial charge in [0.15, 0.2) is 0 Å². The van der Waals surface area contributed by atoms with Crippen molar-refractivity contribution in [2.45, 2.75) is 25.3 Å². The van der Waals surface area contributed by atoms with Gasteiger partial charge in [0.2, 0.25) is 11.8 Å². The highest BCUT2D eigenvalue weighted by Gasteiger charge is 2.23. The summed E-state index contributed by atoms with van der Waals surface area (Å²) in [5, 5.41) is 2.75. The number of nitrogens with one attached hydrogen (secondary N) is 1.